The van der Waals surface area contributed by atoms with Crippen molar-refractivity contribution in [2.24, 2.45) is 16.5 Å². The standard InChI is InChI=1S/C22H24F3N9O3/c23-22(24,25)37-17-5-2-1-4-16(17)32-21(36)34-20-31-12-15(18(35)33-20)13-6-7-14(30-10-13)11-28-8-3-9-29-19(26)27/h1-2,4-7,10,12,28H,3,8-9,11H2,(H4,26,27,29)(H3,31,32,33,34,35,36). The van der Waals surface area contributed by atoms with Gasteiger partial charge in [-0.3, -0.25) is 25.1 Å². The van der Waals surface area contributed by atoms with Gasteiger partial charge >= 0.3 is 12.4 Å². The molecule has 0 unspecified atom stereocenters. The smallest absolute Gasteiger partial charge is 0.404 e. The zero-order chi connectivity index (χ0) is 26.8. The van der Waals surface area contributed by atoms with Crippen molar-refractivity contribution in [1.29, 1.82) is 0 Å². The quantitative estimate of drug-likeness (QED) is 0.134. The van der Waals surface area contributed by atoms with Crippen LogP contribution in [0, 0.1) is 0 Å². The molecule has 12 nitrogen and oxygen atoms in total. The van der Waals surface area contributed by atoms with E-state index in [1.807, 2.05) is 0 Å². The van der Waals surface area contributed by atoms with E-state index in [4.69, 9.17) is 11.5 Å². The van der Waals surface area contributed by atoms with Crippen LogP contribution in [0.25, 0.3) is 11.1 Å². The summed E-state index contributed by atoms with van der Waals surface area (Å²) < 4.78 is 41.5. The van der Waals surface area contributed by atoms with Crippen LogP contribution in [-0.4, -0.2) is 46.4 Å². The summed E-state index contributed by atoms with van der Waals surface area (Å²) in [6.07, 6.45) is -1.42. The van der Waals surface area contributed by atoms with Gasteiger partial charge in [0.1, 0.15) is 0 Å². The highest BCUT2D eigenvalue weighted by molar-refractivity contribution is 5.99. The van der Waals surface area contributed by atoms with Gasteiger partial charge < -0.3 is 26.8 Å². The average molecular weight is 519 g/mol. The number of ether oxygens (including phenoxy) is 1. The number of benzene rings is 1. The molecule has 0 bridgehead atoms. The number of hydrogen-bond donors (Lipinski definition) is 6. The van der Waals surface area contributed by atoms with Gasteiger partial charge in [-0.15, -0.1) is 13.2 Å². The number of nitrogens with one attached hydrogen (secondary N) is 4. The van der Waals surface area contributed by atoms with Gasteiger partial charge in [-0.2, -0.15) is 0 Å². The average Bonchev–Trinajstić information content (AvgIpc) is 2.82. The predicted octanol–water partition coefficient (Wildman–Crippen LogP) is 2.13. The molecule has 2 aromatic heterocycles. The summed E-state index contributed by atoms with van der Waals surface area (Å²) in [6, 6.07) is 7.51. The predicted molar refractivity (Wildman–Crippen MR) is 131 cm³/mol. The van der Waals surface area contributed by atoms with Crippen LogP contribution in [0.4, 0.5) is 29.6 Å². The molecule has 0 spiro atoms. The minimum absolute atomic E-state index is 0.0505. The molecule has 2 amide bonds. The summed E-state index contributed by atoms with van der Waals surface area (Å²) in [4.78, 5) is 39.3. The SMILES string of the molecule is NC(N)=NCCCNCc1ccc(-c2cnc(NC(=O)Nc3ccccc3OC(F)(F)F)[nH]c2=O)cn1. The molecule has 0 aliphatic heterocycles. The Morgan fingerprint density at radius 2 is 1.86 bits per heavy atom. The van der Waals surface area contributed by atoms with Crippen LogP contribution in [0.15, 0.2) is 58.6 Å². The number of rotatable bonds is 10. The summed E-state index contributed by atoms with van der Waals surface area (Å²) in [5, 5.41) is 7.67. The number of anilines is 2. The zero-order valence-electron chi connectivity index (χ0n) is 19.3. The topological polar surface area (TPSA) is 185 Å². The normalized spacial score (nSPS) is 11.0. The van der Waals surface area contributed by atoms with Gasteiger partial charge in [0.05, 0.1) is 16.9 Å². The Labute approximate surface area is 208 Å². The largest absolute Gasteiger partial charge is 0.573 e. The summed E-state index contributed by atoms with van der Waals surface area (Å²) in [7, 11) is 0. The number of carbonyl (C=O) groups excluding carboxylic acids is 1. The minimum Gasteiger partial charge on any atom is -0.404 e. The van der Waals surface area contributed by atoms with Gasteiger partial charge in [-0.25, -0.2) is 9.78 Å². The third-order valence-corrected chi connectivity index (χ3v) is 4.64. The lowest BCUT2D eigenvalue weighted by Gasteiger charge is -2.14. The second-order valence-electron chi connectivity index (χ2n) is 7.47. The minimum atomic E-state index is -4.93. The van der Waals surface area contributed by atoms with Crippen molar-refractivity contribution in [3.63, 3.8) is 0 Å². The van der Waals surface area contributed by atoms with Gasteiger partial charge in [0.2, 0.25) is 5.95 Å². The molecule has 0 aliphatic rings. The van der Waals surface area contributed by atoms with Crippen LogP contribution < -0.4 is 37.7 Å². The highest BCUT2D eigenvalue weighted by Gasteiger charge is 2.32. The fourth-order valence-electron chi connectivity index (χ4n) is 3.03. The van der Waals surface area contributed by atoms with E-state index in [0.29, 0.717) is 25.2 Å². The molecule has 196 valence electrons. The van der Waals surface area contributed by atoms with Crippen molar-refractivity contribution in [3.8, 4) is 16.9 Å². The number of urea groups is 1. The molecular weight excluding hydrogens is 495 g/mol. The van der Waals surface area contributed by atoms with Gasteiger partial charge in [0.15, 0.2) is 11.7 Å². The Bertz CT molecular complexity index is 1290. The number of carbonyl (C=O) groups is 1. The number of aliphatic imine (C=N–C) groups is 1. The highest BCUT2D eigenvalue weighted by atomic mass is 19.4. The monoisotopic (exact) mass is 519 g/mol. The van der Waals surface area contributed by atoms with Crippen molar-refractivity contribution in [3.05, 3.63) is 64.8 Å². The van der Waals surface area contributed by atoms with Gasteiger partial charge in [0.25, 0.3) is 5.56 Å². The molecule has 0 saturated heterocycles. The van der Waals surface area contributed by atoms with Crippen LogP contribution in [0.2, 0.25) is 0 Å². The molecule has 0 saturated carbocycles. The maximum Gasteiger partial charge on any atom is 0.573 e. The lowest BCUT2D eigenvalue weighted by Crippen LogP contribution is -2.24. The number of pyridine rings is 1. The van der Waals surface area contributed by atoms with E-state index in [2.05, 4.69) is 40.6 Å². The van der Waals surface area contributed by atoms with E-state index in [1.165, 1.54) is 30.6 Å². The molecule has 0 atom stereocenters. The Kier molecular flexibility index (Phi) is 8.99. The molecule has 15 heteroatoms. The molecule has 3 aromatic rings. The van der Waals surface area contributed by atoms with Crippen LogP contribution >= 0.6 is 0 Å². The van der Waals surface area contributed by atoms with Crippen LogP contribution in [0.1, 0.15) is 12.1 Å². The van der Waals surface area contributed by atoms with Crippen LogP contribution in [-0.2, 0) is 6.54 Å². The van der Waals surface area contributed by atoms with Gasteiger partial charge in [-0.1, -0.05) is 18.2 Å². The first kappa shape index (κ1) is 26.9. The first-order valence-electron chi connectivity index (χ1n) is 10.8. The Morgan fingerprint density at radius 1 is 1.08 bits per heavy atom. The molecule has 0 fully saturated rings. The van der Waals surface area contributed by atoms with E-state index in [1.54, 1.807) is 12.1 Å². The molecule has 3 rings (SSSR count). The molecular formula is C22H24F3N9O3. The molecule has 0 aliphatic carbocycles. The second-order valence-corrected chi connectivity index (χ2v) is 7.47. The second kappa shape index (κ2) is 12.3. The third-order valence-electron chi connectivity index (χ3n) is 4.64. The first-order valence-corrected chi connectivity index (χ1v) is 10.8. The molecule has 8 N–H and O–H groups in total. The summed E-state index contributed by atoms with van der Waals surface area (Å²) in [5.41, 5.74) is 11.2. The number of amides is 2. The van der Waals surface area contributed by atoms with E-state index in [0.717, 1.165) is 18.2 Å². The molecule has 2 heterocycles. The maximum absolute atomic E-state index is 12.5. The van der Waals surface area contributed by atoms with E-state index in [-0.39, 0.29) is 23.2 Å². The number of guanidine groups is 1. The van der Waals surface area contributed by atoms with Crippen molar-refractivity contribution in [2.45, 2.75) is 19.3 Å². The zero-order valence-corrected chi connectivity index (χ0v) is 19.3. The summed E-state index contributed by atoms with van der Waals surface area (Å²) in [6.45, 7) is 1.71. The maximum atomic E-state index is 12.5. The number of hydrogen-bond acceptors (Lipinski definition) is 7. The van der Waals surface area contributed by atoms with Crippen molar-refractivity contribution in [1.82, 2.24) is 20.3 Å². The first-order chi connectivity index (χ1) is 17.6. The van der Waals surface area contributed by atoms with Crippen molar-refractivity contribution >= 4 is 23.6 Å². The molecule has 0 radical (unpaired) electrons. The number of nitrogens with zero attached hydrogens (tertiary/aromatic N) is 3. The lowest BCUT2D eigenvalue weighted by molar-refractivity contribution is -0.274. The van der Waals surface area contributed by atoms with E-state index >= 15 is 0 Å². The summed E-state index contributed by atoms with van der Waals surface area (Å²) >= 11 is 0. The van der Waals surface area contributed by atoms with E-state index < -0.39 is 23.7 Å². The van der Waals surface area contributed by atoms with Gasteiger partial charge in [0, 0.05) is 31.0 Å². The number of alkyl halides is 3. The van der Waals surface area contributed by atoms with Crippen molar-refractivity contribution < 1.29 is 22.7 Å². The fourth-order valence-corrected chi connectivity index (χ4v) is 3.03. The highest BCUT2D eigenvalue weighted by Crippen LogP contribution is 2.29. The Balaban J connectivity index is 1.57. The number of H-pyrrole nitrogens is 1. The number of halogens is 3. The number of aromatic amines is 1. The Hall–Kier alpha value is -4.66. The number of para-hydroxylation sites is 2. The van der Waals surface area contributed by atoms with Crippen LogP contribution in [0.3, 0.4) is 0 Å². The number of aromatic nitrogens is 3. The summed E-state index contributed by atoms with van der Waals surface area (Å²) in [5.74, 6) is -0.761. The Morgan fingerprint density at radius 3 is 2.54 bits per heavy atom. The van der Waals surface area contributed by atoms with Gasteiger partial charge in [-0.05, 0) is 31.2 Å². The van der Waals surface area contributed by atoms with Crippen molar-refractivity contribution in [2.75, 3.05) is 23.7 Å². The van der Waals surface area contributed by atoms with Crippen LogP contribution in [0.5, 0.6) is 5.75 Å². The third kappa shape index (κ3) is 8.81. The molecule has 1 aromatic carbocycles. The lowest BCUT2D eigenvalue weighted by atomic mass is 10.1. The fraction of sp³-hybridized carbons (Fsp3) is 0.227. The number of nitrogens with two attached hydrogens (primary N) is 2. The van der Waals surface area contributed by atoms with E-state index in [9.17, 15) is 22.8 Å². The molecule has 37 heavy (non-hydrogen) atoms.